The summed E-state index contributed by atoms with van der Waals surface area (Å²) in [6.07, 6.45) is 3.74. The Morgan fingerprint density at radius 2 is 2.15 bits per heavy atom. The SMILES string of the molecule is C=C/C=c1/ccc(C)c/c1=C(/C)N. The molecular weight excluding hydrogens is 158 g/mol. The second-order valence-corrected chi connectivity index (χ2v) is 3.18. The van der Waals surface area contributed by atoms with Crippen LogP contribution in [0.3, 0.4) is 0 Å². The summed E-state index contributed by atoms with van der Waals surface area (Å²) in [5, 5.41) is 2.22. The van der Waals surface area contributed by atoms with Gasteiger partial charge in [0.2, 0.25) is 0 Å². The smallest absolute Gasteiger partial charge is 0.0129 e. The van der Waals surface area contributed by atoms with Crippen LogP contribution >= 0.6 is 0 Å². The van der Waals surface area contributed by atoms with Crippen LogP contribution in [0.4, 0.5) is 0 Å². The molecular formula is C12H15N. The minimum absolute atomic E-state index is 0.844. The lowest BCUT2D eigenvalue weighted by Gasteiger charge is -1.96. The van der Waals surface area contributed by atoms with E-state index < -0.39 is 0 Å². The van der Waals surface area contributed by atoms with E-state index in [0.717, 1.165) is 16.1 Å². The van der Waals surface area contributed by atoms with Crippen molar-refractivity contribution in [2.75, 3.05) is 0 Å². The highest BCUT2D eigenvalue weighted by atomic mass is 14.5. The van der Waals surface area contributed by atoms with Crippen LogP contribution in [0.2, 0.25) is 0 Å². The molecule has 0 aliphatic heterocycles. The van der Waals surface area contributed by atoms with E-state index in [1.54, 1.807) is 6.08 Å². The number of hydrogen-bond donors (Lipinski definition) is 1. The van der Waals surface area contributed by atoms with E-state index in [2.05, 4.69) is 31.7 Å². The normalized spacial score (nSPS) is 14.2. The lowest BCUT2D eigenvalue weighted by molar-refractivity contribution is 1.35. The Balaban J connectivity index is 3.65. The molecule has 0 fully saturated rings. The molecule has 0 radical (unpaired) electrons. The summed E-state index contributed by atoms with van der Waals surface area (Å²) < 4.78 is 0. The average molecular weight is 173 g/mol. The first-order valence-corrected chi connectivity index (χ1v) is 4.31. The maximum absolute atomic E-state index is 5.78. The Labute approximate surface area is 78.9 Å². The first-order valence-electron chi connectivity index (χ1n) is 4.31. The molecule has 1 rings (SSSR count). The monoisotopic (exact) mass is 173 g/mol. The highest BCUT2D eigenvalue weighted by molar-refractivity contribution is 5.44. The second kappa shape index (κ2) is 3.94. The molecule has 0 aliphatic rings. The minimum atomic E-state index is 0.844. The van der Waals surface area contributed by atoms with Gasteiger partial charge in [-0.15, -0.1) is 0 Å². The first kappa shape index (κ1) is 9.59. The number of allylic oxidation sites excluding steroid dienone is 1. The first-order chi connectivity index (χ1) is 6.15. The van der Waals surface area contributed by atoms with Crippen molar-refractivity contribution >= 4 is 11.8 Å². The van der Waals surface area contributed by atoms with Gasteiger partial charge in [0.25, 0.3) is 0 Å². The fourth-order valence-corrected chi connectivity index (χ4v) is 1.28. The van der Waals surface area contributed by atoms with Gasteiger partial charge >= 0.3 is 0 Å². The summed E-state index contributed by atoms with van der Waals surface area (Å²) in [5.74, 6) is 0. The fraction of sp³-hybridized carbons (Fsp3) is 0.167. The number of rotatable bonds is 1. The summed E-state index contributed by atoms with van der Waals surface area (Å²) >= 11 is 0. The van der Waals surface area contributed by atoms with E-state index in [1.807, 2.05) is 13.0 Å². The molecule has 1 nitrogen and oxygen atoms in total. The molecule has 1 heteroatoms. The van der Waals surface area contributed by atoms with Crippen molar-refractivity contribution in [1.29, 1.82) is 0 Å². The van der Waals surface area contributed by atoms with Crippen LogP contribution in [-0.2, 0) is 0 Å². The molecule has 0 atom stereocenters. The van der Waals surface area contributed by atoms with Gasteiger partial charge in [0.15, 0.2) is 0 Å². The van der Waals surface area contributed by atoms with Crippen molar-refractivity contribution in [3.8, 4) is 0 Å². The molecule has 0 amide bonds. The van der Waals surface area contributed by atoms with Crippen LogP contribution in [0.1, 0.15) is 12.5 Å². The Bertz CT molecular complexity index is 423. The van der Waals surface area contributed by atoms with Crippen molar-refractivity contribution < 1.29 is 0 Å². The van der Waals surface area contributed by atoms with Crippen LogP contribution in [0, 0.1) is 6.92 Å². The zero-order valence-corrected chi connectivity index (χ0v) is 8.17. The van der Waals surface area contributed by atoms with Gasteiger partial charge in [0, 0.05) is 10.9 Å². The van der Waals surface area contributed by atoms with Crippen molar-refractivity contribution in [3.05, 3.63) is 46.9 Å². The molecule has 1 aromatic rings. The van der Waals surface area contributed by atoms with Gasteiger partial charge in [-0.05, 0) is 25.1 Å². The predicted molar refractivity (Wildman–Crippen MR) is 58.4 cm³/mol. The van der Waals surface area contributed by atoms with Crippen LogP contribution < -0.4 is 16.2 Å². The fourth-order valence-electron chi connectivity index (χ4n) is 1.28. The third-order valence-electron chi connectivity index (χ3n) is 1.93. The Morgan fingerprint density at radius 3 is 2.69 bits per heavy atom. The molecule has 2 N–H and O–H groups in total. The minimum Gasteiger partial charge on any atom is -0.402 e. The Hall–Kier alpha value is -1.50. The highest BCUT2D eigenvalue weighted by Gasteiger charge is 1.89. The summed E-state index contributed by atoms with van der Waals surface area (Å²) in [5.41, 5.74) is 7.84. The summed E-state index contributed by atoms with van der Waals surface area (Å²) in [4.78, 5) is 0. The van der Waals surface area contributed by atoms with Crippen LogP contribution in [-0.4, -0.2) is 0 Å². The van der Waals surface area contributed by atoms with E-state index in [9.17, 15) is 0 Å². The summed E-state index contributed by atoms with van der Waals surface area (Å²) in [6.45, 7) is 7.64. The van der Waals surface area contributed by atoms with E-state index in [0.29, 0.717) is 0 Å². The molecule has 0 spiro atoms. The Morgan fingerprint density at radius 1 is 1.46 bits per heavy atom. The van der Waals surface area contributed by atoms with E-state index in [-0.39, 0.29) is 0 Å². The van der Waals surface area contributed by atoms with Gasteiger partial charge in [-0.3, -0.25) is 0 Å². The molecule has 1 aromatic carbocycles. The number of nitrogens with two attached hydrogens (primary N) is 1. The van der Waals surface area contributed by atoms with Crippen LogP contribution in [0.15, 0.2) is 30.9 Å². The third-order valence-corrected chi connectivity index (χ3v) is 1.93. The van der Waals surface area contributed by atoms with Crippen molar-refractivity contribution in [2.24, 2.45) is 5.73 Å². The molecule has 0 saturated heterocycles. The van der Waals surface area contributed by atoms with Gasteiger partial charge in [0.1, 0.15) is 0 Å². The highest BCUT2D eigenvalue weighted by Crippen LogP contribution is 1.87. The molecule has 68 valence electrons. The zero-order chi connectivity index (χ0) is 9.84. The van der Waals surface area contributed by atoms with Crippen molar-refractivity contribution in [1.82, 2.24) is 0 Å². The molecule has 0 unspecified atom stereocenters. The summed E-state index contributed by atoms with van der Waals surface area (Å²) in [7, 11) is 0. The van der Waals surface area contributed by atoms with Crippen molar-refractivity contribution in [2.45, 2.75) is 13.8 Å². The number of benzene rings is 1. The van der Waals surface area contributed by atoms with E-state index >= 15 is 0 Å². The van der Waals surface area contributed by atoms with Gasteiger partial charge in [0.05, 0.1) is 0 Å². The van der Waals surface area contributed by atoms with Gasteiger partial charge in [-0.1, -0.05) is 36.4 Å². The van der Waals surface area contributed by atoms with Gasteiger partial charge < -0.3 is 5.73 Å². The zero-order valence-electron chi connectivity index (χ0n) is 8.17. The number of aryl methyl sites for hydroxylation is 1. The van der Waals surface area contributed by atoms with E-state index in [1.165, 1.54) is 5.56 Å². The average Bonchev–Trinajstić information content (AvgIpc) is 2.08. The van der Waals surface area contributed by atoms with Crippen LogP contribution in [0.5, 0.6) is 0 Å². The molecule has 0 aliphatic carbocycles. The van der Waals surface area contributed by atoms with Gasteiger partial charge in [-0.25, -0.2) is 0 Å². The summed E-state index contributed by atoms with van der Waals surface area (Å²) in [6, 6.07) is 6.22. The maximum atomic E-state index is 5.78. The van der Waals surface area contributed by atoms with Gasteiger partial charge in [-0.2, -0.15) is 0 Å². The second-order valence-electron chi connectivity index (χ2n) is 3.18. The lowest BCUT2D eigenvalue weighted by atomic mass is 10.1. The van der Waals surface area contributed by atoms with Crippen molar-refractivity contribution in [3.63, 3.8) is 0 Å². The number of hydrogen-bond acceptors (Lipinski definition) is 1. The standard InChI is InChI=1S/C12H15N/c1-4-5-11-7-6-9(2)8-12(11)10(3)13/h4-8H,1,13H2,2-3H3/b11-5-,12-10+. The molecule has 0 saturated carbocycles. The molecule has 0 bridgehead atoms. The van der Waals surface area contributed by atoms with E-state index in [4.69, 9.17) is 5.73 Å². The Kier molecular flexibility index (Phi) is 2.91. The van der Waals surface area contributed by atoms with Crippen LogP contribution in [0.25, 0.3) is 11.8 Å². The maximum Gasteiger partial charge on any atom is 0.0129 e. The third kappa shape index (κ3) is 2.22. The lowest BCUT2D eigenvalue weighted by Crippen LogP contribution is -2.28. The molecule has 0 heterocycles. The molecule has 13 heavy (non-hydrogen) atoms. The predicted octanol–water partition coefficient (Wildman–Crippen LogP) is 1.05. The topological polar surface area (TPSA) is 26.0 Å². The quantitative estimate of drug-likeness (QED) is 0.675. The largest absolute Gasteiger partial charge is 0.402 e. The molecule has 0 aromatic heterocycles.